The van der Waals surface area contributed by atoms with E-state index in [0.717, 1.165) is 0 Å². The van der Waals surface area contributed by atoms with Crippen LogP contribution in [-0.2, 0) is 0 Å². The van der Waals surface area contributed by atoms with E-state index < -0.39 is 0 Å². The van der Waals surface area contributed by atoms with E-state index in [9.17, 15) is 0 Å². The average molecular weight is 293 g/mol. The molecular formula is C12H19N7S. The van der Waals surface area contributed by atoms with Gasteiger partial charge in [0, 0.05) is 23.8 Å². The largest absolute Gasteiger partial charge is 0.347 e. The third kappa shape index (κ3) is 3.34. The molecule has 0 aliphatic heterocycles. The van der Waals surface area contributed by atoms with Gasteiger partial charge in [-0.15, -0.1) is 11.3 Å². The Morgan fingerprint density at radius 2 is 1.90 bits per heavy atom. The van der Waals surface area contributed by atoms with Crippen LogP contribution in [0.2, 0.25) is 0 Å². The van der Waals surface area contributed by atoms with E-state index in [4.69, 9.17) is 5.84 Å². The summed E-state index contributed by atoms with van der Waals surface area (Å²) < 4.78 is 0. The van der Waals surface area contributed by atoms with E-state index >= 15 is 0 Å². The molecule has 0 amide bonds. The first-order chi connectivity index (χ1) is 9.49. The lowest BCUT2D eigenvalue weighted by Crippen LogP contribution is -2.19. The van der Waals surface area contributed by atoms with Gasteiger partial charge in [0.1, 0.15) is 0 Å². The zero-order chi connectivity index (χ0) is 14.7. The summed E-state index contributed by atoms with van der Waals surface area (Å²) in [5.41, 5.74) is 2.45. The lowest BCUT2D eigenvalue weighted by Gasteiger charge is -2.16. The average Bonchev–Trinajstić information content (AvgIpc) is 2.85. The fourth-order valence-corrected chi connectivity index (χ4v) is 2.52. The second kappa shape index (κ2) is 6.02. The van der Waals surface area contributed by atoms with Crippen molar-refractivity contribution in [2.75, 3.05) is 29.7 Å². The Kier molecular flexibility index (Phi) is 4.35. The van der Waals surface area contributed by atoms with E-state index in [1.54, 1.807) is 16.2 Å². The number of anilines is 3. The maximum atomic E-state index is 5.39. The monoisotopic (exact) mass is 293 g/mol. The number of rotatable bonds is 5. The smallest absolute Gasteiger partial charge is 0.243 e. The third-order valence-electron chi connectivity index (χ3n) is 2.69. The molecule has 108 valence electrons. The molecule has 0 bridgehead atoms. The summed E-state index contributed by atoms with van der Waals surface area (Å²) in [7, 11) is 3.73. The number of hydrogen-bond donors (Lipinski definition) is 3. The highest BCUT2D eigenvalue weighted by molar-refractivity contribution is 7.12. The van der Waals surface area contributed by atoms with Crippen LogP contribution >= 0.6 is 11.3 Å². The van der Waals surface area contributed by atoms with Crippen LogP contribution in [0.4, 0.5) is 17.8 Å². The van der Waals surface area contributed by atoms with Crippen LogP contribution in [0.1, 0.15) is 22.7 Å². The second-order valence-electron chi connectivity index (χ2n) is 4.64. The summed E-state index contributed by atoms with van der Waals surface area (Å²) in [6, 6.07) is 4.33. The van der Waals surface area contributed by atoms with Crippen molar-refractivity contribution in [1.29, 1.82) is 0 Å². The van der Waals surface area contributed by atoms with Gasteiger partial charge >= 0.3 is 0 Å². The van der Waals surface area contributed by atoms with Crippen LogP contribution in [0.3, 0.4) is 0 Å². The van der Waals surface area contributed by atoms with Gasteiger partial charge in [-0.3, -0.25) is 5.43 Å². The number of nitrogens with two attached hydrogens (primary N) is 1. The van der Waals surface area contributed by atoms with Crippen molar-refractivity contribution in [3.05, 3.63) is 21.9 Å². The molecule has 0 aliphatic rings. The molecule has 0 radical (unpaired) electrons. The van der Waals surface area contributed by atoms with Crippen LogP contribution in [-0.4, -0.2) is 29.0 Å². The molecule has 0 aromatic carbocycles. The molecule has 7 nitrogen and oxygen atoms in total. The van der Waals surface area contributed by atoms with Gasteiger partial charge in [-0.1, -0.05) is 0 Å². The maximum absolute atomic E-state index is 5.39. The van der Waals surface area contributed by atoms with Gasteiger partial charge in [-0.2, -0.15) is 15.0 Å². The summed E-state index contributed by atoms with van der Waals surface area (Å²) in [6.07, 6.45) is 0. The molecule has 2 aromatic heterocycles. The number of nitrogen functional groups attached to an aromatic ring is 1. The number of nitrogens with one attached hydrogen (secondary N) is 2. The van der Waals surface area contributed by atoms with Gasteiger partial charge in [0.2, 0.25) is 17.8 Å². The minimum atomic E-state index is 0.122. The molecule has 0 fully saturated rings. The number of aromatic nitrogens is 3. The highest BCUT2D eigenvalue weighted by atomic mass is 32.1. The summed E-state index contributed by atoms with van der Waals surface area (Å²) in [4.78, 5) is 17.0. The first-order valence-electron chi connectivity index (χ1n) is 6.22. The number of thiophene rings is 1. The normalized spacial score (nSPS) is 12.1. The van der Waals surface area contributed by atoms with Gasteiger partial charge in [0.05, 0.1) is 6.04 Å². The van der Waals surface area contributed by atoms with E-state index in [-0.39, 0.29) is 6.04 Å². The number of nitrogens with zero attached hydrogens (tertiary/aromatic N) is 4. The van der Waals surface area contributed by atoms with E-state index in [1.807, 2.05) is 14.1 Å². The van der Waals surface area contributed by atoms with Crippen molar-refractivity contribution in [3.63, 3.8) is 0 Å². The summed E-state index contributed by atoms with van der Waals surface area (Å²) in [5.74, 6) is 6.76. The standard InChI is InChI=1S/C12H19N7S/c1-7-5-6-9(20-7)8(2)14-10-15-11(18-13)17-12(16-10)19(3)4/h5-6,8H,13H2,1-4H3,(H2,14,15,16,17,18). The topological polar surface area (TPSA) is 92.0 Å². The minimum Gasteiger partial charge on any atom is -0.347 e. The van der Waals surface area contributed by atoms with Gasteiger partial charge < -0.3 is 10.2 Å². The van der Waals surface area contributed by atoms with Crippen LogP contribution in [0.15, 0.2) is 12.1 Å². The molecule has 1 unspecified atom stereocenters. The third-order valence-corrected chi connectivity index (χ3v) is 3.87. The van der Waals surface area contributed by atoms with Crippen molar-refractivity contribution < 1.29 is 0 Å². The first-order valence-corrected chi connectivity index (χ1v) is 7.04. The molecule has 2 heterocycles. The lowest BCUT2D eigenvalue weighted by molar-refractivity contribution is 0.862. The zero-order valence-electron chi connectivity index (χ0n) is 12.0. The predicted octanol–water partition coefficient (Wildman–Crippen LogP) is 1.77. The molecule has 0 saturated carbocycles. The lowest BCUT2D eigenvalue weighted by atomic mass is 10.3. The quantitative estimate of drug-likeness (QED) is 0.571. The fraction of sp³-hybridized carbons (Fsp3) is 0.417. The molecule has 8 heteroatoms. The Labute approximate surface area is 122 Å². The van der Waals surface area contributed by atoms with Gasteiger partial charge in [-0.05, 0) is 26.0 Å². The van der Waals surface area contributed by atoms with Crippen molar-refractivity contribution in [2.24, 2.45) is 5.84 Å². The summed E-state index contributed by atoms with van der Waals surface area (Å²) in [6.45, 7) is 4.16. The maximum Gasteiger partial charge on any atom is 0.243 e. The second-order valence-corrected chi connectivity index (χ2v) is 5.96. The first kappa shape index (κ1) is 14.5. The van der Waals surface area contributed by atoms with E-state index in [0.29, 0.717) is 17.8 Å². The molecule has 0 spiro atoms. The number of hydrogen-bond acceptors (Lipinski definition) is 8. The Balaban J connectivity index is 2.21. The van der Waals surface area contributed by atoms with Gasteiger partial charge in [0.15, 0.2) is 0 Å². The Morgan fingerprint density at radius 3 is 2.45 bits per heavy atom. The van der Waals surface area contributed by atoms with Crippen molar-refractivity contribution in [2.45, 2.75) is 19.9 Å². The van der Waals surface area contributed by atoms with Crippen molar-refractivity contribution >= 4 is 29.2 Å². The van der Waals surface area contributed by atoms with Crippen LogP contribution < -0.4 is 21.5 Å². The molecule has 2 aromatic rings. The molecule has 0 aliphatic carbocycles. The summed E-state index contributed by atoms with van der Waals surface area (Å²) in [5, 5.41) is 3.27. The van der Waals surface area contributed by atoms with E-state index in [2.05, 4.69) is 51.7 Å². The van der Waals surface area contributed by atoms with Crippen molar-refractivity contribution in [1.82, 2.24) is 15.0 Å². The van der Waals surface area contributed by atoms with Gasteiger partial charge in [-0.25, -0.2) is 5.84 Å². The van der Waals surface area contributed by atoms with Crippen LogP contribution in [0, 0.1) is 6.92 Å². The minimum absolute atomic E-state index is 0.122. The molecular weight excluding hydrogens is 274 g/mol. The zero-order valence-corrected chi connectivity index (χ0v) is 12.8. The molecule has 1 atom stereocenters. The van der Waals surface area contributed by atoms with Crippen LogP contribution in [0.5, 0.6) is 0 Å². The Morgan fingerprint density at radius 1 is 1.20 bits per heavy atom. The molecule has 4 N–H and O–H groups in total. The summed E-state index contributed by atoms with van der Waals surface area (Å²) >= 11 is 1.75. The van der Waals surface area contributed by atoms with Crippen molar-refractivity contribution in [3.8, 4) is 0 Å². The predicted molar refractivity (Wildman–Crippen MR) is 83.1 cm³/mol. The molecule has 2 rings (SSSR count). The SMILES string of the molecule is Cc1ccc(C(C)Nc2nc(NN)nc(N(C)C)n2)s1. The Bertz CT molecular complexity index is 581. The Hall–Kier alpha value is -1.93. The van der Waals surface area contributed by atoms with Crippen LogP contribution in [0.25, 0.3) is 0 Å². The number of aryl methyl sites for hydroxylation is 1. The van der Waals surface area contributed by atoms with E-state index in [1.165, 1.54) is 9.75 Å². The molecule has 0 saturated heterocycles. The highest BCUT2D eigenvalue weighted by Crippen LogP contribution is 2.25. The highest BCUT2D eigenvalue weighted by Gasteiger charge is 2.12. The fourth-order valence-electron chi connectivity index (χ4n) is 1.64. The molecule has 20 heavy (non-hydrogen) atoms. The van der Waals surface area contributed by atoms with Gasteiger partial charge in [0.25, 0.3) is 0 Å². The number of hydrazine groups is 1.